The quantitative estimate of drug-likeness (QED) is 0.204. The van der Waals surface area contributed by atoms with Gasteiger partial charge in [-0.05, 0) is 55.0 Å². The van der Waals surface area contributed by atoms with Crippen LogP contribution < -0.4 is 14.8 Å². The molecule has 214 valence electrons. The molecule has 0 aliphatic carbocycles. The van der Waals surface area contributed by atoms with Gasteiger partial charge < -0.3 is 18.8 Å². The third-order valence-electron chi connectivity index (χ3n) is 6.67. The highest BCUT2D eigenvalue weighted by Crippen LogP contribution is 2.32. The minimum Gasteiger partial charge on any atom is -0.493 e. The van der Waals surface area contributed by atoms with Crippen LogP contribution in [-0.2, 0) is 11.3 Å². The molecular formula is C32H29ClN4O5. The molecule has 0 radical (unpaired) electrons. The molecule has 0 spiro atoms. The minimum absolute atomic E-state index is 0.119. The molecule has 2 heterocycles. The molecule has 0 atom stereocenters. The molecular weight excluding hydrogens is 556 g/mol. The Balaban J connectivity index is 1.47. The third-order valence-corrected chi connectivity index (χ3v) is 6.92. The molecule has 0 saturated heterocycles. The fourth-order valence-corrected chi connectivity index (χ4v) is 4.64. The average Bonchev–Trinajstić information content (AvgIpc) is 3.67. The van der Waals surface area contributed by atoms with Gasteiger partial charge in [-0.2, -0.15) is 0 Å². The van der Waals surface area contributed by atoms with Crippen LogP contribution in [0, 0.1) is 6.92 Å². The van der Waals surface area contributed by atoms with Gasteiger partial charge in [-0.25, -0.2) is 4.98 Å². The lowest BCUT2D eigenvalue weighted by atomic mass is 10.1. The first-order valence-electron chi connectivity index (χ1n) is 13.1. The van der Waals surface area contributed by atoms with Gasteiger partial charge in [-0.3, -0.25) is 19.5 Å². The maximum Gasteiger partial charge on any atom is 0.255 e. The highest BCUT2D eigenvalue weighted by atomic mass is 35.5. The molecule has 5 aromatic rings. The fourth-order valence-electron chi connectivity index (χ4n) is 4.51. The van der Waals surface area contributed by atoms with Gasteiger partial charge in [0, 0.05) is 28.4 Å². The first kappa shape index (κ1) is 28.5. The van der Waals surface area contributed by atoms with E-state index < -0.39 is 5.91 Å². The summed E-state index contributed by atoms with van der Waals surface area (Å²) in [6.07, 6.45) is 3.34. The number of amides is 2. The van der Waals surface area contributed by atoms with Crippen molar-refractivity contribution in [2.45, 2.75) is 13.5 Å². The Hall–Kier alpha value is -5.02. The van der Waals surface area contributed by atoms with E-state index in [0.717, 1.165) is 11.1 Å². The molecule has 0 fully saturated rings. The van der Waals surface area contributed by atoms with E-state index in [1.807, 2.05) is 37.3 Å². The molecule has 0 aliphatic rings. The first-order valence-corrected chi connectivity index (χ1v) is 13.5. The maximum atomic E-state index is 13.6. The zero-order chi connectivity index (χ0) is 29.6. The van der Waals surface area contributed by atoms with Crippen LogP contribution >= 0.6 is 11.6 Å². The lowest BCUT2D eigenvalue weighted by molar-refractivity contribution is -0.117. The summed E-state index contributed by atoms with van der Waals surface area (Å²) in [4.78, 5) is 33.2. The largest absolute Gasteiger partial charge is 0.493 e. The molecule has 1 N–H and O–H groups in total. The summed E-state index contributed by atoms with van der Waals surface area (Å²) in [5.41, 5.74) is 3.42. The van der Waals surface area contributed by atoms with Crippen LogP contribution in [0.1, 0.15) is 21.7 Å². The number of anilines is 1. The standard InChI is InChI=1S/C32H29ClN4O5/c1-21-7-4-5-9-26(21)31(39)36(18-25-8-6-16-42-25)20-30(38)35-32-34-27(22-10-12-23(33)13-11-22)19-37(32)24-14-15-28(40-2)29(17-24)41-3/h4-17,19H,18,20H2,1-3H3,(H,34,35,38). The Bertz CT molecular complexity index is 1700. The topological polar surface area (TPSA) is 98.8 Å². The van der Waals surface area contributed by atoms with E-state index >= 15 is 0 Å². The van der Waals surface area contributed by atoms with Crippen LogP contribution in [0.2, 0.25) is 5.02 Å². The van der Waals surface area contributed by atoms with Crippen molar-refractivity contribution in [2.24, 2.45) is 0 Å². The zero-order valence-electron chi connectivity index (χ0n) is 23.3. The summed E-state index contributed by atoms with van der Waals surface area (Å²) in [5.74, 6) is 1.18. The predicted molar refractivity (Wildman–Crippen MR) is 160 cm³/mol. The van der Waals surface area contributed by atoms with Crippen LogP contribution in [-0.4, -0.2) is 47.0 Å². The zero-order valence-corrected chi connectivity index (χ0v) is 24.1. The number of imidazole rings is 1. The number of hydrogen-bond donors (Lipinski definition) is 1. The number of aromatic nitrogens is 2. The summed E-state index contributed by atoms with van der Waals surface area (Å²) in [6, 6.07) is 23.4. The normalized spacial score (nSPS) is 10.8. The minimum atomic E-state index is -0.432. The SMILES string of the molecule is COc1ccc(-n2cc(-c3ccc(Cl)cc3)nc2NC(=O)CN(Cc2ccco2)C(=O)c2ccccc2C)cc1OC. The Morgan fingerprint density at radius 3 is 2.43 bits per heavy atom. The maximum absolute atomic E-state index is 13.6. The van der Waals surface area contributed by atoms with Gasteiger partial charge in [-0.15, -0.1) is 0 Å². The van der Waals surface area contributed by atoms with Gasteiger partial charge in [0.25, 0.3) is 5.91 Å². The van der Waals surface area contributed by atoms with Gasteiger partial charge in [0.05, 0.1) is 38.4 Å². The monoisotopic (exact) mass is 584 g/mol. The third kappa shape index (κ3) is 6.31. The van der Waals surface area contributed by atoms with Gasteiger partial charge in [0.2, 0.25) is 11.9 Å². The van der Waals surface area contributed by atoms with E-state index in [4.69, 9.17) is 30.5 Å². The van der Waals surface area contributed by atoms with Crippen LogP contribution in [0.3, 0.4) is 0 Å². The number of aryl methyl sites for hydroxylation is 1. The lowest BCUT2D eigenvalue weighted by Gasteiger charge is -2.22. The molecule has 0 bridgehead atoms. The number of ether oxygens (including phenoxy) is 2. The summed E-state index contributed by atoms with van der Waals surface area (Å²) in [7, 11) is 3.11. The van der Waals surface area contributed by atoms with Crippen molar-refractivity contribution in [3.63, 3.8) is 0 Å². The molecule has 5 rings (SSSR count). The summed E-state index contributed by atoms with van der Waals surface area (Å²) in [5, 5.41) is 3.50. The van der Waals surface area contributed by atoms with E-state index in [9.17, 15) is 9.59 Å². The molecule has 2 aromatic heterocycles. The molecule has 0 saturated carbocycles. The number of carbonyl (C=O) groups excluding carboxylic acids is 2. The van der Waals surface area contributed by atoms with Crippen molar-refractivity contribution in [2.75, 3.05) is 26.1 Å². The lowest BCUT2D eigenvalue weighted by Crippen LogP contribution is -2.38. The van der Waals surface area contributed by atoms with Crippen molar-refractivity contribution < 1.29 is 23.5 Å². The molecule has 10 heteroatoms. The smallest absolute Gasteiger partial charge is 0.255 e. The summed E-state index contributed by atoms with van der Waals surface area (Å²) < 4.78 is 18.1. The van der Waals surface area contributed by atoms with E-state index in [-0.39, 0.29) is 24.9 Å². The second-order valence-electron chi connectivity index (χ2n) is 9.47. The van der Waals surface area contributed by atoms with E-state index in [2.05, 4.69) is 5.32 Å². The van der Waals surface area contributed by atoms with E-state index in [0.29, 0.717) is 39.2 Å². The number of nitrogens with zero attached hydrogens (tertiary/aromatic N) is 3. The molecule has 3 aromatic carbocycles. The number of methoxy groups -OCH3 is 2. The second-order valence-corrected chi connectivity index (χ2v) is 9.91. The first-order chi connectivity index (χ1) is 20.4. The Morgan fingerprint density at radius 1 is 0.976 bits per heavy atom. The molecule has 0 aliphatic heterocycles. The van der Waals surface area contributed by atoms with Crippen LogP contribution in [0.4, 0.5) is 5.95 Å². The van der Waals surface area contributed by atoms with Crippen LogP contribution in [0.25, 0.3) is 16.9 Å². The number of furan rings is 1. The van der Waals surface area contributed by atoms with Crippen molar-refractivity contribution in [1.82, 2.24) is 14.5 Å². The van der Waals surface area contributed by atoms with Gasteiger partial charge in [0.15, 0.2) is 11.5 Å². The molecule has 9 nitrogen and oxygen atoms in total. The Kier molecular flexibility index (Phi) is 8.59. The number of benzene rings is 3. The Morgan fingerprint density at radius 2 is 1.74 bits per heavy atom. The van der Waals surface area contributed by atoms with E-state index in [1.54, 1.807) is 73.5 Å². The van der Waals surface area contributed by atoms with Crippen LogP contribution in [0.15, 0.2) is 95.7 Å². The van der Waals surface area contributed by atoms with Gasteiger partial charge in [0.1, 0.15) is 12.3 Å². The summed E-state index contributed by atoms with van der Waals surface area (Å²) >= 11 is 6.09. The molecule has 2 amide bonds. The highest BCUT2D eigenvalue weighted by Gasteiger charge is 2.23. The number of rotatable bonds is 10. The Labute approximate surface area is 248 Å². The fraction of sp³-hybridized carbons (Fsp3) is 0.156. The van der Waals surface area contributed by atoms with Gasteiger partial charge in [-0.1, -0.05) is 41.9 Å². The highest BCUT2D eigenvalue weighted by molar-refractivity contribution is 6.30. The van der Waals surface area contributed by atoms with Crippen molar-refractivity contribution in [1.29, 1.82) is 0 Å². The number of carbonyl (C=O) groups is 2. The molecule has 42 heavy (non-hydrogen) atoms. The molecule has 0 unspecified atom stereocenters. The summed E-state index contributed by atoms with van der Waals surface area (Å²) in [6.45, 7) is 1.74. The van der Waals surface area contributed by atoms with Crippen molar-refractivity contribution in [3.8, 4) is 28.4 Å². The second kappa shape index (κ2) is 12.7. The number of nitrogens with one attached hydrogen (secondary N) is 1. The van der Waals surface area contributed by atoms with Gasteiger partial charge >= 0.3 is 0 Å². The van der Waals surface area contributed by atoms with Crippen LogP contribution in [0.5, 0.6) is 11.5 Å². The average molecular weight is 585 g/mol. The van der Waals surface area contributed by atoms with Crippen molar-refractivity contribution >= 4 is 29.4 Å². The van der Waals surface area contributed by atoms with Crippen molar-refractivity contribution in [3.05, 3.63) is 113 Å². The van der Waals surface area contributed by atoms with E-state index in [1.165, 1.54) is 11.2 Å². The number of hydrogen-bond acceptors (Lipinski definition) is 6. The number of halogens is 1. The predicted octanol–water partition coefficient (Wildman–Crippen LogP) is 6.39.